The second-order valence-electron chi connectivity index (χ2n) is 6.86. The van der Waals surface area contributed by atoms with Crippen molar-refractivity contribution in [3.63, 3.8) is 0 Å². The number of aliphatic imine (C=N–C) groups is 1. The number of hydrogen-bond donors (Lipinski definition) is 1. The first-order valence-corrected chi connectivity index (χ1v) is 10.1. The van der Waals surface area contributed by atoms with Crippen LogP contribution in [-0.2, 0) is 11.8 Å². The molecule has 1 unspecified atom stereocenters. The maximum absolute atomic E-state index is 5.94. The minimum absolute atomic E-state index is 0.0329. The van der Waals surface area contributed by atoms with E-state index in [1.54, 1.807) is 0 Å². The van der Waals surface area contributed by atoms with Gasteiger partial charge >= 0.3 is 0 Å². The lowest BCUT2D eigenvalue weighted by Gasteiger charge is -2.34. The highest BCUT2D eigenvalue weighted by Crippen LogP contribution is 2.21. The third-order valence-electron chi connectivity index (χ3n) is 4.62. The van der Waals surface area contributed by atoms with Crippen molar-refractivity contribution in [1.82, 2.24) is 20.0 Å². The zero-order valence-electron chi connectivity index (χ0n) is 16.9. The summed E-state index contributed by atoms with van der Waals surface area (Å²) in [5.41, 5.74) is 1.11. The normalized spacial score (nSPS) is 17.6. The van der Waals surface area contributed by atoms with Crippen molar-refractivity contribution >= 4 is 5.96 Å². The van der Waals surface area contributed by atoms with Gasteiger partial charge in [0.25, 0.3) is 0 Å². The van der Waals surface area contributed by atoms with Crippen molar-refractivity contribution in [2.75, 3.05) is 39.4 Å². The van der Waals surface area contributed by atoms with E-state index in [1.165, 1.54) is 0 Å². The van der Waals surface area contributed by atoms with E-state index in [1.807, 2.05) is 54.5 Å². The van der Waals surface area contributed by atoms with Crippen molar-refractivity contribution < 1.29 is 9.47 Å². The fourth-order valence-corrected chi connectivity index (χ4v) is 3.18. The molecule has 1 atom stereocenters. The third kappa shape index (κ3) is 5.99. The van der Waals surface area contributed by atoms with Crippen LogP contribution in [0.4, 0.5) is 0 Å². The minimum atomic E-state index is 0.0329. The van der Waals surface area contributed by atoms with Gasteiger partial charge in [0.15, 0.2) is 5.96 Å². The third-order valence-corrected chi connectivity index (χ3v) is 4.62. The molecule has 152 valence electrons. The molecular formula is C21H31N5O2. The van der Waals surface area contributed by atoms with Gasteiger partial charge in [0.1, 0.15) is 11.9 Å². The molecule has 1 N–H and O–H groups in total. The summed E-state index contributed by atoms with van der Waals surface area (Å²) in [6.07, 6.45) is 5.92. The monoisotopic (exact) mass is 385 g/mol. The molecule has 3 rings (SSSR count). The average Bonchev–Trinajstić information content (AvgIpc) is 3.17. The molecule has 0 saturated carbocycles. The Morgan fingerprint density at radius 2 is 2.18 bits per heavy atom. The Bertz CT molecular complexity index is 731. The van der Waals surface area contributed by atoms with Crippen LogP contribution in [0.5, 0.6) is 5.75 Å². The van der Waals surface area contributed by atoms with Gasteiger partial charge in [-0.3, -0.25) is 9.67 Å². The number of nitrogens with one attached hydrogen (secondary N) is 1. The lowest BCUT2D eigenvalue weighted by Crippen LogP contribution is -2.48. The Kier molecular flexibility index (Phi) is 7.72. The molecule has 1 aromatic heterocycles. The molecule has 2 heterocycles. The van der Waals surface area contributed by atoms with Crippen LogP contribution >= 0.6 is 0 Å². The fourth-order valence-electron chi connectivity index (χ4n) is 3.18. The number of unbranched alkanes of at least 4 members (excludes halogenated alkanes) is 1. The van der Waals surface area contributed by atoms with E-state index in [-0.39, 0.29) is 6.10 Å². The van der Waals surface area contributed by atoms with Gasteiger partial charge < -0.3 is 19.7 Å². The number of hydrogen-bond acceptors (Lipinski definition) is 4. The molecule has 0 radical (unpaired) electrons. The molecule has 1 aromatic carbocycles. The molecule has 0 amide bonds. The van der Waals surface area contributed by atoms with Crippen LogP contribution in [0, 0.1) is 0 Å². The van der Waals surface area contributed by atoms with Crippen molar-refractivity contribution in [2.24, 2.45) is 12.0 Å². The minimum Gasteiger partial charge on any atom is -0.494 e. The second-order valence-corrected chi connectivity index (χ2v) is 6.86. The molecule has 0 bridgehead atoms. The number of morpholine rings is 1. The summed E-state index contributed by atoms with van der Waals surface area (Å²) in [4.78, 5) is 7.10. The molecule has 1 aliphatic heterocycles. The molecule has 1 saturated heterocycles. The van der Waals surface area contributed by atoms with Gasteiger partial charge in [-0.15, -0.1) is 0 Å². The average molecular weight is 386 g/mol. The fraction of sp³-hybridized carbons (Fsp3) is 0.524. The predicted octanol–water partition coefficient (Wildman–Crippen LogP) is 2.62. The van der Waals surface area contributed by atoms with Crippen LogP contribution in [0.1, 0.15) is 31.4 Å². The van der Waals surface area contributed by atoms with E-state index in [9.17, 15) is 0 Å². The summed E-state index contributed by atoms with van der Waals surface area (Å²) in [7, 11) is 1.93. The standard InChI is InChI=1S/C21H31N5O2/c1-3-22-21(23-11-7-8-13-27-19-9-5-4-6-10-19)26-12-14-28-20(17-26)18-15-24-25(2)16-18/h4-6,9-10,15-16,20H,3,7-8,11-14,17H2,1-2H3,(H,22,23). The van der Waals surface area contributed by atoms with Crippen molar-refractivity contribution in [3.05, 3.63) is 48.3 Å². The molecule has 1 aliphatic rings. The van der Waals surface area contributed by atoms with Crippen LogP contribution < -0.4 is 10.1 Å². The van der Waals surface area contributed by atoms with Gasteiger partial charge in [-0.2, -0.15) is 5.10 Å². The number of para-hydroxylation sites is 1. The number of guanidine groups is 1. The largest absolute Gasteiger partial charge is 0.494 e. The van der Waals surface area contributed by atoms with E-state index >= 15 is 0 Å². The number of rotatable bonds is 8. The highest BCUT2D eigenvalue weighted by atomic mass is 16.5. The molecule has 28 heavy (non-hydrogen) atoms. The lowest BCUT2D eigenvalue weighted by atomic mass is 10.1. The van der Waals surface area contributed by atoms with Crippen LogP contribution in [0.3, 0.4) is 0 Å². The summed E-state index contributed by atoms with van der Waals surface area (Å²) < 4.78 is 13.5. The van der Waals surface area contributed by atoms with Gasteiger partial charge in [-0.25, -0.2) is 0 Å². The number of ether oxygens (including phenoxy) is 2. The number of aryl methyl sites for hydroxylation is 1. The number of benzene rings is 1. The maximum atomic E-state index is 5.94. The van der Waals surface area contributed by atoms with Crippen LogP contribution in [0.2, 0.25) is 0 Å². The zero-order chi connectivity index (χ0) is 19.6. The predicted molar refractivity (Wildman–Crippen MR) is 111 cm³/mol. The molecular weight excluding hydrogens is 354 g/mol. The van der Waals surface area contributed by atoms with E-state index in [0.29, 0.717) is 6.61 Å². The zero-order valence-corrected chi connectivity index (χ0v) is 16.9. The first-order valence-electron chi connectivity index (χ1n) is 10.1. The summed E-state index contributed by atoms with van der Waals surface area (Å²) in [5, 5.41) is 7.67. The number of nitrogens with zero attached hydrogens (tertiary/aromatic N) is 4. The Morgan fingerprint density at radius 1 is 1.32 bits per heavy atom. The van der Waals surface area contributed by atoms with Gasteiger partial charge in [0, 0.05) is 38.4 Å². The summed E-state index contributed by atoms with van der Waals surface area (Å²) in [6, 6.07) is 9.94. The quantitative estimate of drug-likeness (QED) is 0.430. The molecule has 0 aliphatic carbocycles. The van der Waals surface area contributed by atoms with Gasteiger partial charge in [-0.05, 0) is 31.9 Å². The van der Waals surface area contributed by atoms with E-state index in [2.05, 4.69) is 22.2 Å². The van der Waals surface area contributed by atoms with Crippen molar-refractivity contribution in [3.8, 4) is 5.75 Å². The van der Waals surface area contributed by atoms with Gasteiger partial charge in [-0.1, -0.05) is 18.2 Å². The Hall–Kier alpha value is -2.54. The first-order chi connectivity index (χ1) is 13.8. The van der Waals surface area contributed by atoms with E-state index < -0.39 is 0 Å². The SMILES string of the molecule is CCNC(=NCCCCOc1ccccc1)N1CCOC(c2cnn(C)c2)C1. The van der Waals surface area contributed by atoms with E-state index in [0.717, 1.165) is 62.9 Å². The summed E-state index contributed by atoms with van der Waals surface area (Å²) in [5.74, 6) is 1.89. The Balaban J connectivity index is 1.46. The Morgan fingerprint density at radius 3 is 2.93 bits per heavy atom. The summed E-state index contributed by atoms with van der Waals surface area (Å²) in [6.45, 7) is 6.78. The maximum Gasteiger partial charge on any atom is 0.194 e. The van der Waals surface area contributed by atoms with Gasteiger partial charge in [0.05, 0.1) is 26.0 Å². The smallest absolute Gasteiger partial charge is 0.194 e. The van der Waals surface area contributed by atoms with E-state index in [4.69, 9.17) is 14.5 Å². The molecule has 1 fully saturated rings. The number of aromatic nitrogens is 2. The highest BCUT2D eigenvalue weighted by Gasteiger charge is 2.25. The van der Waals surface area contributed by atoms with Crippen LogP contribution in [0.15, 0.2) is 47.7 Å². The topological polar surface area (TPSA) is 63.9 Å². The summed E-state index contributed by atoms with van der Waals surface area (Å²) >= 11 is 0. The lowest BCUT2D eigenvalue weighted by molar-refractivity contribution is -0.00804. The van der Waals surface area contributed by atoms with Crippen LogP contribution in [0.25, 0.3) is 0 Å². The van der Waals surface area contributed by atoms with Crippen molar-refractivity contribution in [2.45, 2.75) is 25.9 Å². The Labute approximate surface area is 167 Å². The molecule has 7 heteroatoms. The first kappa shape index (κ1) is 20.2. The highest BCUT2D eigenvalue weighted by molar-refractivity contribution is 5.80. The molecule has 2 aromatic rings. The molecule has 0 spiro atoms. The van der Waals surface area contributed by atoms with Crippen LogP contribution in [-0.4, -0.2) is 60.0 Å². The van der Waals surface area contributed by atoms with Gasteiger partial charge in [0.2, 0.25) is 0 Å². The second kappa shape index (κ2) is 10.7. The van der Waals surface area contributed by atoms with Crippen molar-refractivity contribution in [1.29, 1.82) is 0 Å². The molecule has 7 nitrogen and oxygen atoms in total.